The van der Waals surface area contributed by atoms with Crippen LogP contribution < -0.4 is 5.32 Å². The third-order valence-electron chi connectivity index (χ3n) is 3.08. The minimum Gasteiger partial charge on any atom is -0.370 e. The maximum atomic E-state index is 4.27. The highest BCUT2D eigenvalue weighted by atomic mass is 15.0. The molecule has 1 aromatic heterocycles. The molecule has 0 saturated carbocycles. The summed E-state index contributed by atoms with van der Waals surface area (Å²) in [5.74, 6) is 1.34. The normalized spacial score (nSPS) is 10.7. The molecule has 0 saturated heterocycles. The number of nitrogens with one attached hydrogen (secondary N) is 1. The number of rotatable bonds is 5. The Balaban J connectivity index is 1.90. The summed E-state index contributed by atoms with van der Waals surface area (Å²) in [5, 5.41) is 3.36. The minimum atomic E-state index is 0.431. The molecule has 0 aliphatic rings. The van der Waals surface area contributed by atoms with E-state index >= 15 is 0 Å². The van der Waals surface area contributed by atoms with E-state index in [2.05, 4.69) is 60.3 Å². The molecule has 19 heavy (non-hydrogen) atoms. The van der Waals surface area contributed by atoms with Gasteiger partial charge in [-0.1, -0.05) is 43.7 Å². The number of nitrogens with zero attached hydrogens (tertiary/aromatic N) is 2. The van der Waals surface area contributed by atoms with Gasteiger partial charge in [-0.3, -0.25) is 0 Å². The summed E-state index contributed by atoms with van der Waals surface area (Å²) in [6, 6.07) is 10.6. The first-order chi connectivity index (χ1) is 9.15. The van der Waals surface area contributed by atoms with Crippen LogP contribution in [0.1, 0.15) is 36.6 Å². The van der Waals surface area contributed by atoms with Crippen molar-refractivity contribution in [3.8, 4) is 0 Å². The fourth-order valence-corrected chi connectivity index (χ4v) is 1.99. The number of aromatic nitrogens is 2. The Morgan fingerprint density at radius 1 is 1.16 bits per heavy atom. The zero-order valence-corrected chi connectivity index (χ0v) is 11.9. The van der Waals surface area contributed by atoms with Crippen molar-refractivity contribution in [3.05, 3.63) is 53.5 Å². The Hall–Kier alpha value is -1.90. The van der Waals surface area contributed by atoms with E-state index in [-0.39, 0.29) is 0 Å². The molecule has 0 amide bonds. The molecule has 0 radical (unpaired) electrons. The number of anilines is 1. The summed E-state index contributed by atoms with van der Waals surface area (Å²) in [6.45, 7) is 7.28. The average Bonchev–Trinajstić information content (AvgIpc) is 2.39. The molecule has 2 rings (SSSR count). The lowest BCUT2D eigenvalue weighted by Crippen LogP contribution is -2.07. The molecular formula is C16H21N3. The molecule has 0 aliphatic heterocycles. The molecule has 1 aromatic carbocycles. The first-order valence-corrected chi connectivity index (χ1v) is 6.76. The smallest absolute Gasteiger partial charge is 0.129 e. The molecule has 100 valence electrons. The van der Waals surface area contributed by atoms with Crippen molar-refractivity contribution in [1.29, 1.82) is 0 Å². The number of benzene rings is 1. The molecular weight excluding hydrogens is 234 g/mol. The first-order valence-electron chi connectivity index (χ1n) is 6.76. The number of aryl methyl sites for hydroxylation is 1. The van der Waals surface area contributed by atoms with Gasteiger partial charge in [-0.15, -0.1) is 0 Å². The second-order valence-corrected chi connectivity index (χ2v) is 5.15. The van der Waals surface area contributed by atoms with Crippen molar-refractivity contribution in [1.82, 2.24) is 9.97 Å². The van der Waals surface area contributed by atoms with Crippen LogP contribution in [-0.2, 0) is 6.42 Å². The van der Waals surface area contributed by atoms with Gasteiger partial charge >= 0.3 is 0 Å². The molecule has 2 aromatic rings. The maximum Gasteiger partial charge on any atom is 0.129 e. The molecule has 3 heteroatoms. The summed E-state index contributed by atoms with van der Waals surface area (Å²) in [5.41, 5.74) is 3.74. The highest BCUT2D eigenvalue weighted by molar-refractivity contribution is 5.36. The van der Waals surface area contributed by atoms with Gasteiger partial charge in [-0.05, 0) is 24.8 Å². The lowest BCUT2D eigenvalue weighted by atomic mass is 10.1. The van der Waals surface area contributed by atoms with Crippen molar-refractivity contribution in [2.24, 2.45) is 0 Å². The molecule has 3 nitrogen and oxygen atoms in total. The zero-order chi connectivity index (χ0) is 13.7. The summed E-state index contributed by atoms with van der Waals surface area (Å²) < 4.78 is 0. The highest BCUT2D eigenvalue weighted by Gasteiger charge is 2.02. The lowest BCUT2D eigenvalue weighted by molar-refractivity contribution is 0.813. The van der Waals surface area contributed by atoms with Gasteiger partial charge in [-0.25, -0.2) is 9.97 Å². The maximum absolute atomic E-state index is 4.27. The van der Waals surface area contributed by atoms with E-state index < -0.39 is 0 Å². The fourth-order valence-electron chi connectivity index (χ4n) is 1.99. The molecule has 0 fully saturated rings. The standard InChI is InChI=1S/C16H21N3/c1-12(2)15-10-16(19-11-18-15)17-8-7-14-6-4-5-13(3)9-14/h4-6,9-12H,7-8H2,1-3H3,(H,17,18,19). The number of hydrogen-bond donors (Lipinski definition) is 1. The van der Waals surface area contributed by atoms with Gasteiger partial charge in [0.2, 0.25) is 0 Å². The van der Waals surface area contributed by atoms with Gasteiger partial charge in [0, 0.05) is 18.3 Å². The van der Waals surface area contributed by atoms with Crippen LogP contribution in [0, 0.1) is 6.92 Å². The van der Waals surface area contributed by atoms with E-state index in [0.29, 0.717) is 5.92 Å². The van der Waals surface area contributed by atoms with E-state index in [0.717, 1.165) is 24.5 Å². The molecule has 0 atom stereocenters. The Labute approximate surface area is 115 Å². The van der Waals surface area contributed by atoms with Crippen LogP contribution >= 0.6 is 0 Å². The van der Waals surface area contributed by atoms with E-state index in [1.165, 1.54) is 11.1 Å². The monoisotopic (exact) mass is 255 g/mol. The molecule has 0 aliphatic carbocycles. The van der Waals surface area contributed by atoms with Gasteiger partial charge < -0.3 is 5.32 Å². The van der Waals surface area contributed by atoms with Crippen LogP contribution in [0.15, 0.2) is 36.7 Å². The third kappa shape index (κ3) is 4.05. The third-order valence-corrected chi connectivity index (χ3v) is 3.08. The van der Waals surface area contributed by atoms with Gasteiger partial charge in [0.1, 0.15) is 12.1 Å². The largest absolute Gasteiger partial charge is 0.370 e. The van der Waals surface area contributed by atoms with Crippen molar-refractivity contribution in [2.75, 3.05) is 11.9 Å². The van der Waals surface area contributed by atoms with Crippen LogP contribution in [0.25, 0.3) is 0 Å². The van der Waals surface area contributed by atoms with Crippen LogP contribution in [0.5, 0.6) is 0 Å². The second kappa shape index (κ2) is 6.32. The van der Waals surface area contributed by atoms with Gasteiger partial charge in [0.05, 0.1) is 0 Å². The summed E-state index contributed by atoms with van der Waals surface area (Å²) >= 11 is 0. The van der Waals surface area contributed by atoms with E-state index in [1.54, 1.807) is 6.33 Å². The lowest BCUT2D eigenvalue weighted by Gasteiger charge is -2.09. The zero-order valence-electron chi connectivity index (χ0n) is 11.9. The van der Waals surface area contributed by atoms with E-state index in [4.69, 9.17) is 0 Å². The Bertz CT molecular complexity index is 535. The van der Waals surface area contributed by atoms with Gasteiger partial charge in [-0.2, -0.15) is 0 Å². The summed E-state index contributed by atoms with van der Waals surface area (Å²) in [4.78, 5) is 8.51. The molecule has 0 bridgehead atoms. The van der Waals surface area contributed by atoms with E-state index in [9.17, 15) is 0 Å². The predicted octanol–water partition coefficient (Wildman–Crippen LogP) is 3.56. The van der Waals surface area contributed by atoms with Crippen LogP contribution in [-0.4, -0.2) is 16.5 Å². The van der Waals surface area contributed by atoms with E-state index in [1.807, 2.05) is 6.07 Å². The summed E-state index contributed by atoms with van der Waals surface area (Å²) in [6.07, 6.45) is 2.63. The highest BCUT2D eigenvalue weighted by Crippen LogP contribution is 2.13. The first kappa shape index (κ1) is 13.5. The predicted molar refractivity (Wildman–Crippen MR) is 79.5 cm³/mol. The Kier molecular flexibility index (Phi) is 4.50. The van der Waals surface area contributed by atoms with Crippen LogP contribution in [0.2, 0.25) is 0 Å². The van der Waals surface area contributed by atoms with Gasteiger partial charge in [0.15, 0.2) is 0 Å². The Morgan fingerprint density at radius 2 is 2.00 bits per heavy atom. The van der Waals surface area contributed by atoms with Crippen LogP contribution in [0.3, 0.4) is 0 Å². The van der Waals surface area contributed by atoms with Crippen molar-refractivity contribution in [3.63, 3.8) is 0 Å². The Morgan fingerprint density at radius 3 is 2.74 bits per heavy atom. The number of hydrogen-bond acceptors (Lipinski definition) is 3. The minimum absolute atomic E-state index is 0.431. The second-order valence-electron chi connectivity index (χ2n) is 5.15. The van der Waals surface area contributed by atoms with Crippen LogP contribution in [0.4, 0.5) is 5.82 Å². The van der Waals surface area contributed by atoms with Crippen molar-refractivity contribution >= 4 is 5.82 Å². The SMILES string of the molecule is Cc1cccc(CCNc2cc(C(C)C)ncn2)c1. The molecule has 0 unspecified atom stereocenters. The molecule has 0 spiro atoms. The average molecular weight is 255 g/mol. The van der Waals surface area contributed by atoms with Crippen molar-refractivity contribution in [2.45, 2.75) is 33.1 Å². The topological polar surface area (TPSA) is 37.8 Å². The summed E-state index contributed by atoms with van der Waals surface area (Å²) in [7, 11) is 0. The van der Waals surface area contributed by atoms with Crippen molar-refractivity contribution < 1.29 is 0 Å². The van der Waals surface area contributed by atoms with Gasteiger partial charge in [0.25, 0.3) is 0 Å². The quantitative estimate of drug-likeness (QED) is 0.887. The molecule has 1 N–H and O–H groups in total. The molecule has 1 heterocycles. The fraction of sp³-hybridized carbons (Fsp3) is 0.375.